The van der Waals surface area contributed by atoms with Crippen LogP contribution >= 0.6 is 22.9 Å². The lowest BCUT2D eigenvalue weighted by atomic mass is 9.91. The predicted octanol–water partition coefficient (Wildman–Crippen LogP) is 2.95. The van der Waals surface area contributed by atoms with Crippen LogP contribution in [-0.2, 0) is 0 Å². The van der Waals surface area contributed by atoms with Crippen LogP contribution in [0.3, 0.4) is 0 Å². The molecular weight excluding hydrogens is 354 g/mol. The van der Waals surface area contributed by atoms with E-state index in [4.69, 9.17) is 21.4 Å². The standard InChI is InChI=1S/C19H20ClN3OS/c1-22-8-6-19(7-9-22)23-16(12-15(21-23)18-3-2-10-25-18)14-11-13(20)4-5-17(14)24-19/h2-5,10-11,16H,6-9,12H2,1H3/p+1/t16-/m0/s1. The highest BCUT2D eigenvalue weighted by Gasteiger charge is 2.52. The van der Waals surface area contributed by atoms with Gasteiger partial charge in [-0.1, -0.05) is 17.7 Å². The highest BCUT2D eigenvalue weighted by molar-refractivity contribution is 7.12. The van der Waals surface area contributed by atoms with Gasteiger partial charge in [0, 0.05) is 17.0 Å². The maximum absolute atomic E-state index is 6.59. The maximum atomic E-state index is 6.59. The first-order valence-corrected chi connectivity index (χ1v) is 10.1. The van der Waals surface area contributed by atoms with Gasteiger partial charge in [-0.15, -0.1) is 11.3 Å². The van der Waals surface area contributed by atoms with Crippen molar-refractivity contribution >= 4 is 28.6 Å². The van der Waals surface area contributed by atoms with Crippen LogP contribution in [0.2, 0.25) is 5.02 Å². The quantitative estimate of drug-likeness (QED) is 0.831. The van der Waals surface area contributed by atoms with Crippen molar-refractivity contribution < 1.29 is 9.64 Å². The third kappa shape index (κ3) is 2.48. The van der Waals surface area contributed by atoms with Crippen LogP contribution < -0.4 is 9.64 Å². The van der Waals surface area contributed by atoms with Crippen LogP contribution in [0.4, 0.5) is 0 Å². The fourth-order valence-corrected chi connectivity index (χ4v) is 5.14. The highest BCUT2D eigenvalue weighted by Crippen LogP contribution is 2.49. The summed E-state index contributed by atoms with van der Waals surface area (Å²) in [5, 5.41) is 10.2. The van der Waals surface area contributed by atoms with Gasteiger partial charge in [0.25, 0.3) is 0 Å². The number of quaternary nitrogens is 1. The number of rotatable bonds is 1. The van der Waals surface area contributed by atoms with Crippen molar-refractivity contribution in [1.82, 2.24) is 5.01 Å². The van der Waals surface area contributed by atoms with Crippen molar-refractivity contribution in [3.05, 3.63) is 51.2 Å². The van der Waals surface area contributed by atoms with Crippen LogP contribution in [0.15, 0.2) is 40.8 Å². The molecule has 4 nitrogen and oxygen atoms in total. The van der Waals surface area contributed by atoms with Gasteiger partial charge < -0.3 is 9.64 Å². The van der Waals surface area contributed by atoms with Crippen LogP contribution in [0.5, 0.6) is 5.75 Å². The molecule has 3 aliphatic heterocycles. The lowest BCUT2D eigenvalue weighted by Crippen LogP contribution is -3.11. The molecule has 1 fully saturated rings. The van der Waals surface area contributed by atoms with Crippen LogP contribution in [0, 0.1) is 0 Å². The van der Waals surface area contributed by atoms with Crippen molar-refractivity contribution in [3.63, 3.8) is 0 Å². The minimum Gasteiger partial charge on any atom is -0.466 e. The number of hydrogen-bond donors (Lipinski definition) is 1. The number of ether oxygens (including phenoxy) is 1. The van der Waals surface area contributed by atoms with Gasteiger partial charge in [0.15, 0.2) is 0 Å². The first-order valence-electron chi connectivity index (χ1n) is 8.85. The molecule has 3 aliphatic rings. The van der Waals surface area contributed by atoms with E-state index in [-0.39, 0.29) is 11.8 Å². The largest absolute Gasteiger partial charge is 0.466 e. The summed E-state index contributed by atoms with van der Waals surface area (Å²) in [5.74, 6) is 0.979. The fourth-order valence-electron chi connectivity index (χ4n) is 4.24. The van der Waals surface area contributed by atoms with Gasteiger partial charge in [-0.05, 0) is 29.6 Å². The third-order valence-electron chi connectivity index (χ3n) is 5.65. The second-order valence-electron chi connectivity index (χ2n) is 7.28. The molecule has 0 radical (unpaired) electrons. The van der Waals surface area contributed by atoms with Gasteiger partial charge in [-0.25, -0.2) is 5.01 Å². The summed E-state index contributed by atoms with van der Waals surface area (Å²) >= 11 is 8.04. The fraction of sp³-hybridized carbons (Fsp3) is 0.421. The molecule has 0 bridgehead atoms. The molecule has 1 aromatic heterocycles. The van der Waals surface area contributed by atoms with E-state index >= 15 is 0 Å². The van der Waals surface area contributed by atoms with Crippen molar-refractivity contribution in [2.24, 2.45) is 5.10 Å². The molecule has 1 spiro atoms. The molecule has 1 saturated heterocycles. The summed E-state index contributed by atoms with van der Waals surface area (Å²) in [5.41, 5.74) is 2.02. The Morgan fingerprint density at radius 1 is 1.32 bits per heavy atom. The van der Waals surface area contributed by atoms with E-state index < -0.39 is 0 Å². The van der Waals surface area contributed by atoms with E-state index in [0.29, 0.717) is 0 Å². The molecule has 5 rings (SSSR count). The summed E-state index contributed by atoms with van der Waals surface area (Å²) in [6.45, 7) is 2.21. The SMILES string of the molecule is C[NH+]1CCC2(CC1)Oc1ccc(Cl)cc1[C@@H]1CC(c3cccs3)=NN12. The summed E-state index contributed by atoms with van der Waals surface area (Å²) in [6.07, 6.45) is 2.92. The molecule has 2 aromatic rings. The molecule has 1 atom stereocenters. The molecule has 4 heterocycles. The van der Waals surface area contributed by atoms with Gasteiger partial charge in [0.1, 0.15) is 5.75 Å². The van der Waals surface area contributed by atoms with Crippen LogP contribution in [-0.4, -0.2) is 36.6 Å². The lowest BCUT2D eigenvalue weighted by molar-refractivity contribution is -0.888. The second kappa shape index (κ2) is 5.73. The third-order valence-corrected chi connectivity index (χ3v) is 6.80. The number of benzene rings is 1. The monoisotopic (exact) mass is 374 g/mol. The normalized spacial score (nSPS) is 30.6. The van der Waals surface area contributed by atoms with Gasteiger partial charge in [0.2, 0.25) is 5.72 Å². The molecule has 1 N–H and O–H groups in total. The first kappa shape index (κ1) is 15.7. The molecule has 0 unspecified atom stereocenters. The zero-order valence-electron chi connectivity index (χ0n) is 14.2. The van der Waals surface area contributed by atoms with Crippen molar-refractivity contribution in [3.8, 4) is 5.75 Å². The van der Waals surface area contributed by atoms with Gasteiger partial charge in [-0.2, -0.15) is 5.10 Å². The van der Waals surface area contributed by atoms with Crippen molar-refractivity contribution in [2.75, 3.05) is 20.1 Å². The van der Waals surface area contributed by atoms with Gasteiger partial charge in [-0.3, -0.25) is 0 Å². The Morgan fingerprint density at radius 3 is 2.92 bits per heavy atom. The average molecular weight is 375 g/mol. The number of hydrazone groups is 1. The number of nitrogens with zero attached hydrogens (tertiary/aromatic N) is 2. The minimum atomic E-state index is -0.315. The van der Waals surface area contributed by atoms with E-state index in [0.717, 1.165) is 43.1 Å². The van der Waals surface area contributed by atoms with E-state index in [1.165, 1.54) is 16.2 Å². The number of hydrogen-bond acceptors (Lipinski definition) is 4. The summed E-state index contributed by atoms with van der Waals surface area (Å²) in [4.78, 5) is 2.82. The Bertz CT molecular complexity index is 827. The number of likely N-dealkylation sites (tertiary alicyclic amines) is 1. The number of thiophene rings is 1. The van der Waals surface area contributed by atoms with Crippen molar-refractivity contribution in [1.29, 1.82) is 0 Å². The Morgan fingerprint density at radius 2 is 2.16 bits per heavy atom. The van der Waals surface area contributed by atoms with E-state index in [9.17, 15) is 0 Å². The molecular formula is C19H21ClN3OS+. The number of nitrogens with one attached hydrogen (secondary N) is 1. The lowest BCUT2D eigenvalue weighted by Gasteiger charge is -2.49. The number of piperidine rings is 1. The molecule has 1 aromatic carbocycles. The minimum absolute atomic E-state index is 0.220. The second-order valence-corrected chi connectivity index (χ2v) is 8.66. The van der Waals surface area contributed by atoms with Crippen LogP contribution in [0.1, 0.15) is 35.7 Å². The summed E-state index contributed by atoms with van der Waals surface area (Å²) in [7, 11) is 2.26. The molecule has 130 valence electrons. The Hall–Kier alpha value is -1.56. The average Bonchev–Trinajstić information content (AvgIpc) is 3.28. The Balaban J connectivity index is 1.60. The van der Waals surface area contributed by atoms with E-state index in [2.05, 4.69) is 35.6 Å². The summed E-state index contributed by atoms with van der Waals surface area (Å²) in [6, 6.07) is 10.5. The van der Waals surface area contributed by atoms with Crippen LogP contribution in [0.25, 0.3) is 0 Å². The van der Waals surface area contributed by atoms with Gasteiger partial charge >= 0.3 is 0 Å². The molecule has 0 amide bonds. The first-order chi connectivity index (χ1) is 12.1. The zero-order chi connectivity index (χ0) is 17.0. The van der Waals surface area contributed by atoms with E-state index in [1.807, 2.05) is 12.1 Å². The number of fused-ring (bicyclic) bond motifs is 4. The molecule has 25 heavy (non-hydrogen) atoms. The topological polar surface area (TPSA) is 29.3 Å². The molecule has 6 heteroatoms. The summed E-state index contributed by atoms with van der Waals surface area (Å²) < 4.78 is 6.59. The predicted molar refractivity (Wildman–Crippen MR) is 101 cm³/mol. The van der Waals surface area contributed by atoms with Gasteiger partial charge in [0.05, 0.1) is 49.6 Å². The van der Waals surface area contributed by atoms with Crippen molar-refractivity contribution in [2.45, 2.75) is 31.0 Å². The zero-order valence-corrected chi connectivity index (χ0v) is 15.7. The smallest absolute Gasteiger partial charge is 0.208 e. The maximum Gasteiger partial charge on any atom is 0.208 e. The Kier molecular flexibility index (Phi) is 3.59. The molecule has 0 aliphatic carbocycles. The van der Waals surface area contributed by atoms with E-state index in [1.54, 1.807) is 16.2 Å². The Labute approximate surface area is 156 Å². The molecule has 0 saturated carbocycles. The highest BCUT2D eigenvalue weighted by atomic mass is 35.5. The number of halogens is 1.